The Hall–Kier alpha value is -0.0800. The summed E-state index contributed by atoms with van der Waals surface area (Å²) in [6, 6.07) is 0.621. The first-order valence-corrected chi connectivity index (χ1v) is 6.55. The van der Waals surface area contributed by atoms with E-state index in [1.54, 1.807) is 0 Å². The van der Waals surface area contributed by atoms with Crippen LogP contribution in [0.3, 0.4) is 0 Å². The highest BCUT2D eigenvalue weighted by molar-refractivity contribution is 4.63. The van der Waals surface area contributed by atoms with Gasteiger partial charge in [0.1, 0.15) is 0 Å². The first kappa shape index (κ1) is 14.9. The van der Waals surface area contributed by atoms with Gasteiger partial charge in [-0.25, -0.2) is 0 Å². The van der Waals surface area contributed by atoms with E-state index in [1.165, 1.54) is 45.1 Å². The zero-order valence-corrected chi connectivity index (χ0v) is 11.2. The van der Waals surface area contributed by atoms with Crippen LogP contribution in [0.15, 0.2) is 0 Å². The third-order valence-electron chi connectivity index (χ3n) is 2.66. The summed E-state index contributed by atoms with van der Waals surface area (Å²) >= 11 is 0. The molecule has 0 bridgehead atoms. The molecule has 0 aliphatic rings. The standard InChI is InChI=1S/C13H30N2/c1-5-6-7-8-9-10-11-14-13(2)12-15(3)4/h13-14H,5-12H2,1-4H3. The Bertz CT molecular complexity index is 124. The maximum absolute atomic E-state index is 3.56. The normalized spacial score (nSPS) is 13.4. The number of nitrogens with zero attached hydrogens (tertiary/aromatic N) is 1. The Kier molecular flexibility index (Phi) is 10.4. The monoisotopic (exact) mass is 214 g/mol. The first-order chi connectivity index (χ1) is 7.16. The highest BCUT2D eigenvalue weighted by Gasteiger charge is 2.01. The fourth-order valence-electron chi connectivity index (χ4n) is 1.87. The zero-order valence-electron chi connectivity index (χ0n) is 11.2. The molecule has 0 aliphatic carbocycles. The molecule has 2 nitrogen and oxygen atoms in total. The minimum Gasteiger partial charge on any atom is -0.313 e. The highest BCUT2D eigenvalue weighted by Crippen LogP contribution is 2.04. The molecule has 0 fully saturated rings. The van der Waals surface area contributed by atoms with E-state index in [-0.39, 0.29) is 0 Å². The molecule has 15 heavy (non-hydrogen) atoms. The second-order valence-corrected chi connectivity index (χ2v) is 4.89. The molecule has 0 aliphatic heterocycles. The van der Waals surface area contributed by atoms with Gasteiger partial charge < -0.3 is 10.2 Å². The van der Waals surface area contributed by atoms with Crippen LogP contribution in [0.2, 0.25) is 0 Å². The van der Waals surface area contributed by atoms with Crippen molar-refractivity contribution in [2.24, 2.45) is 0 Å². The topological polar surface area (TPSA) is 15.3 Å². The number of hydrogen-bond donors (Lipinski definition) is 1. The molecule has 0 saturated carbocycles. The summed E-state index contributed by atoms with van der Waals surface area (Å²) in [6.07, 6.45) is 8.31. The van der Waals surface area contributed by atoms with Crippen LogP contribution in [0.25, 0.3) is 0 Å². The van der Waals surface area contributed by atoms with Gasteiger partial charge in [0.2, 0.25) is 0 Å². The molecule has 0 rings (SSSR count). The number of hydrogen-bond acceptors (Lipinski definition) is 2. The molecular weight excluding hydrogens is 184 g/mol. The van der Waals surface area contributed by atoms with Crippen LogP contribution in [0.4, 0.5) is 0 Å². The summed E-state index contributed by atoms with van der Waals surface area (Å²) < 4.78 is 0. The van der Waals surface area contributed by atoms with Gasteiger partial charge in [-0.2, -0.15) is 0 Å². The molecule has 0 aromatic rings. The van der Waals surface area contributed by atoms with E-state index in [2.05, 4.69) is 38.2 Å². The second kappa shape index (κ2) is 10.4. The molecule has 2 heteroatoms. The van der Waals surface area contributed by atoms with Crippen molar-refractivity contribution in [2.45, 2.75) is 58.4 Å². The van der Waals surface area contributed by atoms with Crippen molar-refractivity contribution in [2.75, 3.05) is 27.2 Å². The van der Waals surface area contributed by atoms with Gasteiger partial charge in [-0.15, -0.1) is 0 Å². The van der Waals surface area contributed by atoms with E-state index in [4.69, 9.17) is 0 Å². The van der Waals surface area contributed by atoms with Crippen LogP contribution in [0.1, 0.15) is 52.4 Å². The molecule has 92 valence electrons. The van der Waals surface area contributed by atoms with Gasteiger partial charge >= 0.3 is 0 Å². The molecule has 0 amide bonds. The lowest BCUT2D eigenvalue weighted by Crippen LogP contribution is -2.36. The Morgan fingerprint density at radius 3 is 2.20 bits per heavy atom. The number of nitrogens with one attached hydrogen (secondary N) is 1. The van der Waals surface area contributed by atoms with Crippen LogP contribution in [0.5, 0.6) is 0 Å². The minimum absolute atomic E-state index is 0.621. The Morgan fingerprint density at radius 2 is 1.60 bits per heavy atom. The average molecular weight is 214 g/mol. The van der Waals surface area contributed by atoms with Gasteiger partial charge in [-0.1, -0.05) is 39.0 Å². The van der Waals surface area contributed by atoms with Gasteiger partial charge in [0.15, 0.2) is 0 Å². The number of unbranched alkanes of at least 4 members (excludes halogenated alkanes) is 5. The van der Waals surface area contributed by atoms with Crippen molar-refractivity contribution >= 4 is 0 Å². The third kappa shape index (κ3) is 11.8. The zero-order chi connectivity index (χ0) is 11.5. The van der Waals surface area contributed by atoms with E-state index in [0.29, 0.717) is 6.04 Å². The molecule has 0 radical (unpaired) electrons. The van der Waals surface area contributed by atoms with Crippen LogP contribution >= 0.6 is 0 Å². The molecule has 0 heterocycles. The third-order valence-corrected chi connectivity index (χ3v) is 2.66. The summed E-state index contributed by atoms with van der Waals surface area (Å²) in [6.45, 7) is 6.85. The van der Waals surface area contributed by atoms with Crippen molar-refractivity contribution in [3.63, 3.8) is 0 Å². The van der Waals surface area contributed by atoms with Gasteiger partial charge in [0, 0.05) is 12.6 Å². The molecule has 0 saturated heterocycles. The summed E-state index contributed by atoms with van der Waals surface area (Å²) in [5.74, 6) is 0. The van der Waals surface area contributed by atoms with E-state index >= 15 is 0 Å². The van der Waals surface area contributed by atoms with Crippen LogP contribution in [-0.2, 0) is 0 Å². The first-order valence-electron chi connectivity index (χ1n) is 6.55. The summed E-state index contributed by atoms with van der Waals surface area (Å²) in [4.78, 5) is 2.24. The van der Waals surface area contributed by atoms with Crippen molar-refractivity contribution < 1.29 is 0 Å². The van der Waals surface area contributed by atoms with E-state index in [1.807, 2.05) is 0 Å². The molecular formula is C13H30N2. The molecule has 0 spiro atoms. The predicted octanol–water partition coefficient (Wildman–Crippen LogP) is 2.89. The van der Waals surface area contributed by atoms with Gasteiger partial charge in [0.05, 0.1) is 0 Å². The molecule has 1 unspecified atom stereocenters. The lowest BCUT2D eigenvalue weighted by Gasteiger charge is -2.18. The maximum atomic E-state index is 3.56. The molecule has 0 aromatic heterocycles. The minimum atomic E-state index is 0.621. The SMILES string of the molecule is CCCCCCCCNC(C)CN(C)C. The molecule has 1 N–H and O–H groups in total. The van der Waals surface area contributed by atoms with Gasteiger partial charge in [-0.05, 0) is 34.0 Å². The number of rotatable bonds is 10. The fraction of sp³-hybridized carbons (Fsp3) is 1.00. The Labute approximate surface area is 96.4 Å². The summed E-state index contributed by atoms with van der Waals surface area (Å²) in [5, 5.41) is 3.56. The van der Waals surface area contributed by atoms with Crippen LogP contribution < -0.4 is 5.32 Å². The van der Waals surface area contributed by atoms with Crippen molar-refractivity contribution in [3.8, 4) is 0 Å². The quantitative estimate of drug-likeness (QED) is 0.563. The Balaban J connectivity index is 3.09. The van der Waals surface area contributed by atoms with E-state index < -0.39 is 0 Å². The fourth-order valence-corrected chi connectivity index (χ4v) is 1.87. The lowest BCUT2D eigenvalue weighted by atomic mass is 10.1. The number of likely N-dealkylation sites (N-methyl/N-ethyl adjacent to an activating group) is 1. The average Bonchev–Trinajstić information content (AvgIpc) is 2.15. The second-order valence-electron chi connectivity index (χ2n) is 4.89. The maximum Gasteiger partial charge on any atom is 0.0166 e. The van der Waals surface area contributed by atoms with Crippen LogP contribution in [0, 0.1) is 0 Å². The molecule has 0 aromatic carbocycles. The summed E-state index contributed by atoms with van der Waals surface area (Å²) in [5.41, 5.74) is 0. The van der Waals surface area contributed by atoms with E-state index in [9.17, 15) is 0 Å². The van der Waals surface area contributed by atoms with Crippen molar-refractivity contribution in [3.05, 3.63) is 0 Å². The summed E-state index contributed by atoms with van der Waals surface area (Å²) in [7, 11) is 4.26. The molecule has 1 atom stereocenters. The van der Waals surface area contributed by atoms with Gasteiger partial charge in [0.25, 0.3) is 0 Å². The Morgan fingerprint density at radius 1 is 1.00 bits per heavy atom. The largest absolute Gasteiger partial charge is 0.313 e. The van der Waals surface area contributed by atoms with E-state index in [0.717, 1.165) is 6.54 Å². The smallest absolute Gasteiger partial charge is 0.0166 e. The van der Waals surface area contributed by atoms with Crippen LogP contribution in [-0.4, -0.2) is 38.1 Å². The van der Waals surface area contributed by atoms with Crippen molar-refractivity contribution in [1.29, 1.82) is 0 Å². The highest BCUT2D eigenvalue weighted by atomic mass is 15.1. The lowest BCUT2D eigenvalue weighted by molar-refractivity contribution is 0.348. The van der Waals surface area contributed by atoms with Gasteiger partial charge in [-0.3, -0.25) is 0 Å². The predicted molar refractivity (Wildman–Crippen MR) is 69.4 cm³/mol. The van der Waals surface area contributed by atoms with Crippen molar-refractivity contribution in [1.82, 2.24) is 10.2 Å².